The van der Waals surface area contributed by atoms with Crippen molar-refractivity contribution in [3.63, 3.8) is 0 Å². The normalized spacial score (nSPS) is 31.9. The second-order valence-corrected chi connectivity index (χ2v) is 6.46. The summed E-state index contributed by atoms with van der Waals surface area (Å²) >= 11 is 0. The molecule has 2 fully saturated rings. The molecule has 0 aromatic rings. The number of nitrogens with one attached hydrogen (secondary N) is 1. The van der Waals surface area contributed by atoms with E-state index >= 15 is 0 Å². The highest BCUT2D eigenvalue weighted by Crippen LogP contribution is 2.58. The number of carboxylic acids is 1. The zero-order valence-corrected chi connectivity index (χ0v) is 11.4. The monoisotopic (exact) mass is 253 g/mol. The summed E-state index contributed by atoms with van der Waals surface area (Å²) in [6, 6.07) is 0.172. The molecule has 0 aromatic carbocycles. The highest BCUT2D eigenvalue weighted by atomic mass is 16.4. The second kappa shape index (κ2) is 4.56. The van der Waals surface area contributed by atoms with Crippen molar-refractivity contribution in [2.24, 2.45) is 23.2 Å². The van der Waals surface area contributed by atoms with Crippen molar-refractivity contribution in [1.29, 1.82) is 0 Å². The summed E-state index contributed by atoms with van der Waals surface area (Å²) < 4.78 is 0. The van der Waals surface area contributed by atoms with Crippen LogP contribution in [0.25, 0.3) is 0 Å². The first-order valence-electron chi connectivity index (χ1n) is 6.89. The van der Waals surface area contributed by atoms with E-state index in [9.17, 15) is 9.59 Å². The van der Waals surface area contributed by atoms with Crippen LogP contribution >= 0.6 is 0 Å². The Balaban J connectivity index is 1.91. The smallest absolute Gasteiger partial charge is 0.307 e. The largest absolute Gasteiger partial charge is 0.481 e. The van der Waals surface area contributed by atoms with Crippen molar-refractivity contribution in [2.75, 3.05) is 0 Å². The molecule has 0 aromatic heterocycles. The Hall–Kier alpha value is -1.06. The van der Waals surface area contributed by atoms with Gasteiger partial charge in [-0.2, -0.15) is 0 Å². The van der Waals surface area contributed by atoms with E-state index < -0.39 is 17.3 Å². The number of carboxylic acid groups (broad SMARTS) is 1. The van der Waals surface area contributed by atoms with Crippen molar-refractivity contribution in [2.45, 2.75) is 52.5 Å². The molecule has 1 amide bonds. The van der Waals surface area contributed by atoms with E-state index in [0.29, 0.717) is 5.92 Å². The van der Waals surface area contributed by atoms with Gasteiger partial charge in [0.1, 0.15) is 0 Å². The molecule has 0 bridgehead atoms. The van der Waals surface area contributed by atoms with Crippen molar-refractivity contribution < 1.29 is 14.7 Å². The molecule has 18 heavy (non-hydrogen) atoms. The van der Waals surface area contributed by atoms with Gasteiger partial charge in [0.2, 0.25) is 5.91 Å². The lowest BCUT2D eigenvalue weighted by Gasteiger charge is -2.20. The first-order chi connectivity index (χ1) is 8.35. The lowest BCUT2D eigenvalue weighted by molar-refractivity contribution is -0.140. The minimum Gasteiger partial charge on any atom is -0.481 e. The molecule has 0 spiro atoms. The Morgan fingerprint density at radius 3 is 2.22 bits per heavy atom. The second-order valence-electron chi connectivity index (χ2n) is 6.46. The van der Waals surface area contributed by atoms with Crippen LogP contribution in [-0.2, 0) is 9.59 Å². The van der Waals surface area contributed by atoms with Crippen LogP contribution in [0.4, 0.5) is 0 Å². The number of aliphatic carboxylic acids is 1. The zero-order valence-electron chi connectivity index (χ0n) is 11.4. The summed E-state index contributed by atoms with van der Waals surface area (Å²) in [7, 11) is 0. The fraction of sp³-hybridized carbons (Fsp3) is 0.857. The van der Waals surface area contributed by atoms with E-state index in [0.717, 1.165) is 0 Å². The molecule has 2 aliphatic rings. The number of rotatable bonds is 4. The first kappa shape index (κ1) is 13.4. The Bertz CT molecular complexity index is 358. The van der Waals surface area contributed by atoms with Crippen molar-refractivity contribution in [1.82, 2.24) is 5.32 Å². The van der Waals surface area contributed by atoms with Gasteiger partial charge in [-0.05, 0) is 31.1 Å². The number of carbonyl (C=O) groups excluding carboxylic acids is 1. The van der Waals surface area contributed by atoms with E-state index in [1.165, 1.54) is 25.7 Å². The van der Waals surface area contributed by atoms with Crippen molar-refractivity contribution in [3.05, 3.63) is 0 Å². The van der Waals surface area contributed by atoms with E-state index in [1.54, 1.807) is 0 Å². The van der Waals surface area contributed by atoms with Gasteiger partial charge in [0.05, 0.1) is 11.8 Å². The van der Waals surface area contributed by atoms with Gasteiger partial charge in [0.15, 0.2) is 0 Å². The molecule has 2 rings (SSSR count). The molecule has 3 atom stereocenters. The maximum atomic E-state index is 12.1. The first-order valence-corrected chi connectivity index (χ1v) is 6.89. The minimum absolute atomic E-state index is 0.0770. The highest BCUT2D eigenvalue weighted by molar-refractivity contribution is 5.91. The average molecular weight is 253 g/mol. The summed E-state index contributed by atoms with van der Waals surface area (Å²) in [6.07, 6.45) is 4.85. The lowest BCUT2D eigenvalue weighted by Crippen LogP contribution is -2.39. The van der Waals surface area contributed by atoms with Crippen LogP contribution in [-0.4, -0.2) is 23.0 Å². The number of hydrogen-bond donors (Lipinski definition) is 2. The minimum atomic E-state index is -0.853. The van der Waals surface area contributed by atoms with Gasteiger partial charge >= 0.3 is 5.97 Å². The molecule has 102 valence electrons. The van der Waals surface area contributed by atoms with Gasteiger partial charge < -0.3 is 10.4 Å². The zero-order chi connectivity index (χ0) is 13.5. The molecule has 0 unspecified atom stereocenters. The van der Waals surface area contributed by atoms with Gasteiger partial charge in [-0.1, -0.05) is 26.7 Å². The molecule has 0 aliphatic heterocycles. The lowest BCUT2D eigenvalue weighted by atomic mass is 9.99. The van der Waals surface area contributed by atoms with Crippen LogP contribution in [0.15, 0.2) is 0 Å². The van der Waals surface area contributed by atoms with E-state index in [2.05, 4.69) is 5.32 Å². The van der Waals surface area contributed by atoms with Gasteiger partial charge in [-0.15, -0.1) is 0 Å². The topological polar surface area (TPSA) is 66.4 Å². The Morgan fingerprint density at radius 2 is 1.78 bits per heavy atom. The summed E-state index contributed by atoms with van der Waals surface area (Å²) in [5.74, 6) is -1.24. The van der Waals surface area contributed by atoms with Crippen LogP contribution in [0.3, 0.4) is 0 Å². The third kappa shape index (κ3) is 2.25. The van der Waals surface area contributed by atoms with Gasteiger partial charge in [0, 0.05) is 6.04 Å². The molecule has 0 heterocycles. The molecular formula is C14H23NO3. The Morgan fingerprint density at radius 1 is 1.22 bits per heavy atom. The number of carbonyl (C=O) groups is 2. The quantitative estimate of drug-likeness (QED) is 0.805. The van der Waals surface area contributed by atoms with Crippen LogP contribution in [0.2, 0.25) is 0 Å². The molecule has 4 nitrogen and oxygen atoms in total. The summed E-state index contributed by atoms with van der Waals surface area (Å²) in [6.45, 7) is 5.76. The van der Waals surface area contributed by atoms with E-state index in [4.69, 9.17) is 5.11 Å². The molecule has 2 N–H and O–H groups in total. The SMILES string of the molecule is C[C@H](NC(=O)[C@H]1[C@@H](C(=O)O)C1(C)C)C1CCCC1. The third-order valence-corrected chi connectivity index (χ3v) is 4.85. The summed E-state index contributed by atoms with van der Waals surface area (Å²) in [4.78, 5) is 23.2. The van der Waals surface area contributed by atoms with Gasteiger partial charge in [0.25, 0.3) is 0 Å². The van der Waals surface area contributed by atoms with Crippen molar-refractivity contribution in [3.8, 4) is 0 Å². The van der Waals surface area contributed by atoms with Gasteiger partial charge in [-0.3, -0.25) is 9.59 Å². The number of amides is 1. The molecule has 4 heteroatoms. The summed E-state index contributed by atoms with van der Waals surface area (Å²) in [5.41, 5.74) is -0.398. The predicted octanol–water partition coefficient (Wildman–Crippen LogP) is 2.04. The van der Waals surface area contributed by atoms with Crippen molar-refractivity contribution >= 4 is 11.9 Å². The Labute approximate surface area is 108 Å². The molecule has 2 saturated carbocycles. The summed E-state index contributed by atoms with van der Waals surface area (Å²) in [5, 5.41) is 12.1. The van der Waals surface area contributed by atoms with Crippen LogP contribution < -0.4 is 5.32 Å². The number of hydrogen-bond acceptors (Lipinski definition) is 2. The fourth-order valence-corrected chi connectivity index (χ4v) is 3.48. The van der Waals surface area contributed by atoms with Crippen LogP contribution in [0.5, 0.6) is 0 Å². The van der Waals surface area contributed by atoms with Crippen LogP contribution in [0, 0.1) is 23.2 Å². The maximum Gasteiger partial charge on any atom is 0.307 e. The maximum absolute atomic E-state index is 12.1. The van der Waals surface area contributed by atoms with E-state index in [1.807, 2.05) is 20.8 Å². The molecular weight excluding hydrogens is 230 g/mol. The molecule has 0 saturated heterocycles. The highest BCUT2D eigenvalue weighted by Gasteiger charge is 2.65. The molecule has 0 radical (unpaired) electrons. The fourth-order valence-electron chi connectivity index (χ4n) is 3.48. The molecule has 2 aliphatic carbocycles. The van der Waals surface area contributed by atoms with Crippen LogP contribution in [0.1, 0.15) is 46.5 Å². The predicted molar refractivity (Wildman–Crippen MR) is 68.0 cm³/mol. The third-order valence-electron chi connectivity index (χ3n) is 4.85. The average Bonchev–Trinajstić information content (AvgIpc) is 2.67. The standard InChI is InChI=1S/C14H23NO3/c1-8(9-6-4-5-7-9)15-12(16)10-11(13(17)18)14(10,2)3/h8-11H,4-7H2,1-3H3,(H,15,16)(H,17,18)/t8-,10+,11-/m0/s1. The van der Waals surface area contributed by atoms with Gasteiger partial charge in [-0.25, -0.2) is 0 Å². The Kier molecular flexibility index (Phi) is 3.39. The van der Waals surface area contributed by atoms with E-state index in [-0.39, 0.29) is 17.9 Å².